The molecule has 1 aromatic carbocycles. The van der Waals surface area contributed by atoms with E-state index in [1.54, 1.807) is 0 Å². The maximum absolute atomic E-state index is 12.3. The molecule has 0 spiro atoms. The van der Waals surface area contributed by atoms with Crippen molar-refractivity contribution in [2.24, 2.45) is 5.10 Å². The van der Waals surface area contributed by atoms with E-state index in [1.807, 2.05) is 45.0 Å². The van der Waals surface area contributed by atoms with Gasteiger partial charge in [-0.15, -0.1) is 0 Å². The third-order valence-corrected chi connectivity index (χ3v) is 2.93. The van der Waals surface area contributed by atoms with Gasteiger partial charge in [0.15, 0.2) is 5.78 Å². The van der Waals surface area contributed by atoms with E-state index < -0.39 is 5.92 Å². The number of Topliss-reactive ketones (excluding diaryl/α,β-unsaturated/α-hetero) is 2. The van der Waals surface area contributed by atoms with Gasteiger partial charge in [-0.05, 0) is 33.3 Å². The van der Waals surface area contributed by atoms with Crippen LogP contribution in [0, 0.1) is 0 Å². The summed E-state index contributed by atoms with van der Waals surface area (Å²) in [7, 11) is 0. The van der Waals surface area contributed by atoms with Crippen molar-refractivity contribution in [2.75, 3.05) is 0 Å². The minimum absolute atomic E-state index is 0.140. The molecular weight excluding hydrogens is 240 g/mol. The second-order valence-corrected chi connectivity index (χ2v) is 5.82. The number of nitrogens with one attached hydrogen (secondary N) is 1. The molecule has 4 heteroatoms. The number of carbonyl (C=O) groups excluding carboxylic acids is 2. The normalized spacial score (nSPS) is 20.5. The van der Waals surface area contributed by atoms with Gasteiger partial charge >= 0.3 is 0 Å². The maximum atomic E-state index is 12.3. The van der Waals surface area contributed by atoms with Crippen LogP contribution in [0.15, 0.2) is 29.4 Å². The standard InChI is InChI=1S/C15H18N2O2/c1-9(18)12-10-7-5-6-8-11(10)13(14(12)19)16-17-15(2,3)4/h5-8,12,17H,1-4H3/b16-13-. The summed E-state index contributed by atoms with van der Waals surface area (Å²) in [6, 6.07) is 7.33. The molecule has 0 radical (unpaired) electrons. The maximum Gasteiger partial charge on any atom is 0.198 e. The molecule has 1 unspecified atom stereocenters. The minimum atomic E-state index is -0.697. The number of nitrogens with zero attached hydrogens (tertiary/aromatic N) is 1. The van der Waals surface area contributed by atoms with Crippen molar-refractivity contribution in [1.29, 1.82) is 0 Å². The number of fused-ring (bicyclic) bond motifs is 1. The highest BCUT2D eigenvalue weighted by Gasteiger charge is 2.39. The van der Waals surface area contributed by atoms with Crippen LogP contribution in [-0.4, -0.2) is 22.8 Å². The van der Waals surface area contributed by atoms with Crippen LogP contribution in [0.4, 0.5) is 0 Å². The Bertz CT molecular complexity index is 568. The van der Waals surface area contributed by atoms with Gasteiger partial charge < -0.3 is 5.43 Å². The Hall–Kier alpha value is -1.97. The van der Waals surface area contributed by atoms with Crippen molar-refractivity contribution in [3.8, 4) is 0 Å². The first kappa shape index (κ1) is 13.5. The third kappa shape index (κ3) is 2.57. The molecule has 0 aliphatic heterocycles. The average molecular weight is 258 g/mol. The van der Waals surface area contributed by atoms with Crippen LogP contribution in [0.3, 0.4) is 0 Å². The van der Waals surface area contributed by atoms with Crippen molar-refractivity contribution in [3.05, 3.63) is 35.4 Å². The van der Waals surface area contributed by atoms with Gasteiger partial charge in [-0.1, -0.05) is 24.3 Å². The number of benzene rings is 1. The molecule has 0 saturated carbocycles. The minimum Gasteiger partial charge on any atom is -0.304 e. The number of carbonyl (C=O) groups is 2. The van der Waals surface area contributed by atoms with E-state index >= 15 is 0 Å². The first-order chi connectivity index (χ1) is 8.81. The Morgan fingerprint density at radius 3 is 2.47 bits per heavy atom. The average Bonchev–Trinajstić information content (AvgIpc) is 2.57. The van der Waals surface area contributed by atoms with Gasteiger partial charge in [-0.3, -0.25) is 9.59 Å². The Labute approximate surface area is 112 Å². The van der Waals surface area contributed by atoms with Crippen LogP contribution in [0.2, 0.25) is 0 Å². The van der Waals surface area contributed by atoms with Gasteiger partial charge in [0.05, 0.1) is 0 Å². The zero-order chi connectivity index (χ0) is 14.2. The van der Waals surface area contributed by atoms with Crippen LogP contribution in [0.5, 0.6) is 0 Å². The Kier molecular flexibility index (Phi) is 3.27. The fourth-order valence-corrected chi connectivity index (χ4v) is 2.12. The van der Waals surface area contributed by atoms with Crippen molar-refractivity contribution in [1.82, 2.24) is 5.43 Å². The van der Waals surface area contributed by atoms with Crippen LogP contribution in [0.25, 0.3) is 0 Å². The van der Waals surface area contributed by atoms with Crippen LogP contribution in [0.1, 0.15) is 44.7 Å². The molecule has 1 aromatic rings. The Morgan fingerprint density at radius 1 is 1.26 bits per heavy atom. The Balaban J connectivity index is 2.47. The molecule has 100 valence electrons. The number of hydrazone groups is 1. The zero-order valence-corrected chi connectivity index (χ0v) is 11.7. The quantitative estimate of drug-likeness (QED) is 0.652. The Morgan fingerprint density at radius 2 is 1.89 bits per heavy atom. The fraction of sp³-hybridized carbons (Fsp3) is 0.400. The van der Waals surface area contributed by atoms with Crippen LogP contribution in [-0.2, 0) is 9.59 Å². The molecular formula is C15H18N2O2. The topological polar surface area (TPSA) is 58.5 Å². The molecule has 1 aliphatic carbocycles. The number of hydrogen-bond acceptors (Lipinski definition) is 4. The molecule has 0 saturated heterocycles. The molecule has 0 aromatic heterocycles. The van der Waals surface area contributed by atoms with Crippen molar-refractivity contribution >= 4 is 17.3 Å². The lowest BCUT2D eigenvalue weighted by Gasteiger charge is -2.17. The molecule has 2 rings (SSSR count). The van der Waals surface area contributed by atoms with E-state index in [2.05, 4.69) is 10.5 Å². The molecule has 0 amide bonds. The number of ketones is 2. The van der Waals surface area contributed by atoms with E-state index in [0.29, 0.717) is 5.71 Å². The molecule has 1 N–H and O–H groups in total. The summed E-state index contributed by atoms with van der Waals surface area (Å²) in [5, 5.41) is 4.21. The van der Waals surface area contributed by atoms with Crippen LogP contribution >= 0.6 is 0 Å². The summed E-state index contributed by atoms with van der Waals surface area (Å²) in [6.45, 7) is 7.33. The largest absolute Gasteiger partial charge is 0.304 e. The molecule has 0 heterocycles. The molecule has 19 heavy (non-hydrogen) atoms. The highest BCUT2D eigenvalue weighted by Crippen LogP contribution is 2.31. The first-order valence-electron chi connectivity index (χ1n) is 6.30. The predicted molar refractivity (Wildman–Crippen MR) is 74.3 cm³/mol. The highest BCUT2D eigenvalue weighted by molar-refractivity contribution is 6.54. The molecule has 0 bridgehead atoms. The second kappa shape index (κ2) is 4.61. The summed E-state index contributed by atoms with van der Waals surface area (Å²) in [5.74, 6) is -1.06. The summed E-state index contributed by atoms with van der Waals surface area (Å²) in [4.78, 5) is 24.0. The molecule has 0 fully saturated rings. The van der Waals surface area contributed by atoms with E-state index in [1.165, 1.54) is 6.92 Å². The summed E-state index contributed by atoms with van der Waals surface area (Å²) >= 11 is 0. The SMILES string of the molecule is CC(=O)C1C(=O)/C(=N\NC(C)(C)C)c2ccccc21. The molecule has 1 aliphatic rings. The molecule has 4 nitrogen and oxygen atoms in total. The predicted octanol–water partition coefficient (Wildman–Crippen LogP) is 2.03. The van der Waals surface area contributed by atoms with E-state index in [4.69, 9.17) is 0 Å². The van der Waals surface area contributed by atoms with Gasteiger partial charge in [-0.2, -0.15) is 5.10 Å². The zero-order valence-electron chi connectivity index (χ0n) is 11.7. The lowest BCUT2D eigenvalue weighted by Crippen LogP contribution is -2.33. The second-order valence-electron chi connectivity index (χ2n) is 5.82. The van der Waals surface area contributed by atoms with Gasteiger partial charge in [0, 0.05) is 11.1 Å². The van der Waals surface area contributed by atoms with E-state index in [9.17, 15) is 9.59 Å². The first-order valence-corrected chi connectivity index (χ1v) is 6.30. The fourth-order valence-electron chi connectivity index (χ4n) is 2.12. The van der Waals surface area contributed by atoms with E-state index in [-0.39, 0.29) is 17.1 Å². The third-order valence-electron chi connectivity index (χ3n) is 2.93. The van der Waals surface area contributed by atoms with Crippen molar-refractivity contribution in [2.45, 2.75) is 39.2 Å². The summed E-state index contributed by atoms with van der Waals surface area (Å²) < 4.78 is 0. The van der Waals surface area contributed by atoms with Gasteiger partial charge in [0.25, 0.3) is 0 Å². The van der Waals surface area contributed by atoms with Crippen LogP contribution < -0.4 is 5.43 Å². The highest BCUT2D eigenvalue weighted by atomic mass is 16.2. The molecule has 1 atom stereocenters. The number of rotatable bonds is 2. The lowest BCUT2D eigenvalue weighted by molar-refractivity contribution is -0.124. The van der Waals surface area contributed by atoms with Crippen molar-refractivity contribution in [3.63, 3.8) is 0 Å². The van der Waals surface area contributed by atoms with Gasteiger partial charge in [0.1, 0.15) is 17.4 Å². The van der Waals surface area contributed by atoms with Crippen molar-refractivity contribution < 1.29 is 9.59 Å². The smallest absolute Gasteiger partial charge is 0.198 e. The summed E-state index contributed by atoms with van der Waals surface area (Å²) in [5.41, 5.74) is 4.59. The van der Waals surface area contributed by atoms with E-state index in [0.717, 1.165) is 11.1 Å². The monoisotopic (exact) mass is 258 g/mol. The van der Waals surface area contributed by atoms with Gasteiger partial charge in [0.2, 0.25) is 0 Å². The lowest BCUT2D eigenvalue weighted by atomic mass is 9.97. The number of hydrogen-bond donors (Lipinski definition) is 1. The van der Waals surface area contributed by atoms with Gasteiger partial charge in [-0.25, -0.2) is 0 Å². The summed E-state index contributed by atoms with van der Waals surface area (Å²) in [6.07, 6.45) is 0.